The van der Waals surface area contributed by atoms with Gasteiger partial charge in [0.05, 0.1) is 0 Å². The molecule has 1 atom stereocenters. The van der Waals surface area contributed by atoms with Crippen LogP contribution in [0, 0.1) is 0 Å². The zero-order valence-electron chi connectivity index (χ0n) is 9.08. The molecule has 0 bridgehead atoms. The molecule has 0 spiro atoms. The van der Waals surface area contributed by atoms with Gasteiger partial charge in [-0.15, -0.1) is 0 Å². The van der Waals surface area contributed by atoms with Crippen LogP contribution in [0.2, 0.25) is 0 Å². The minimum absolute atomic E-state index is 0. The molecule has 0 aromatic rings. The molecule has 0 fully saturated rings. The summed E-state index contributed by atoms with van der Waals surface area (Å²) in [6, 6.07) is 0. The molecule has 0 saturated heterocycles. The van der Waals surface area contributed by atoms with Gasteiger partial charge in [0, 0.05) is 0 Å². The third-order valence-corrected chi connectivity index (χ3v) is 1.53. The van der Waals surface area contributed by atoms with Crippen LogP contribution in [0.4, 0.5) is 43.9 Å². The Hall–Kier alpha value is -0.270. The number of carboxylic acid groups (broad SMARTS) is 1. The summed E-state index contributed by atoms with van der Waals surface area (Å²) in [6.45, 7) is 0. The fourth-order valence-corrected chi connectivity index (χ4v) is 0.536. The quantitative estimate of drug-likeness (QED) is 0.453. The van der Waals surface area contributed by atoms with Gasteiger partial charge in [0.1, 0.15) is 5.97 Å². The molecule has 0 saturated carbocycles. The van der Waals surface area contributed by atoms with E-state index in [-0.39, 0.29) is 29.6 Å². The predicted octanol–water partition coefficient (Wildman–Crippen LogP) is -1.52. The summed E-state index contributed by atoms with van der Waals surface area (Å²) in [5.74, 6) is -16.5. The van der Waals surface area contributed by atoms with Crippen molar-refractivity contribution in [2.75, 3.05) is 0 Å². The molecule has 114 valence electrons. The van der Waals surface area contributed by atoms with Gasteiger partial charge in [-0.05, 0) is 0 Å². The topological polar surface area (TPSA) is 49.4 Å². The molecule has 0 amide bonds. The first-order valence-corrected chi connectivity index (χ1v) is 3.81. The van der Waals surface area contributed by atoms with Gasteiger partial charge < -0.3 is 9.90 Å². The first kappa shape index (κ1) is 22.0. The summed E-state index contributed by atoms with van der Waals surface area (Å²) in [4.78, 5) is 9.56. The molecule has 0 heterocycles. The molecule has 3 nitrogen and oxygen atoms in total. The molecule has 0 aliphatic heterocycles. The van der Waals surface area contributed by atoms with E-state index in [1.54, 1.807) is 0 Å². The number of carbonyl (C=O) groups is 1. The van der Waals surface area contributed by atoms with E-state index in [4.69, 9.17) is 0 Å². The number of halogens is 10. The smallest absolute Gasteiger partial charge is 0.544 e. The number of ether oxygens (including phenoxy) is 1. The molecular weight excluding hydrogens is 333 g/mol. The van der Waals surface area contributed by atoms with Crippen molar-refractivity contribution in [1.82, 2.24) is 0 Å². The number of alkyl halides is 10. The average Bonchev–Trinajstić information content (AvgIpc) is 2.14. The Balaban J connectivity index is 0. The Labute approximate surface area is 125 Å². The summed E-state index contributed by atoms with van der Waals surface area (Å²) < 4.78 is 122. The van der Waals surface area contributed by atoms with Crippen molar-refractivity contribution in [3.05, 3.63) is 0 Å². The summed E-state index contributed by atoms with van der Waals surface area (Å²) in [5, 5.41) is 9.56. The van der Waals surface area contributed by atoms with Crippen LogP contribution in [-0.4, -0.2) is 36.5 Å². The van der Waals surface area contributed by atoms with Crippen LogP contribution >= 0.6 is 0 Å². The second-order valence-electron chi connectivity index (χ2n) is 2.93. The van der Waals surface area contributed by atoms with Crippen LogP contribution in [0.1, 0.15) is 0 Å². The fourth-order valence-electron chi connectivity index (χ4n) is 0.536. The van der Waals surface area contributed by atoms with Crippen molar-refractivity contribution in [1.29, 1.82) is 0 Å². The van der Waals surface area contributed by atoms with Crippen LogP contribution in [-0.2, 0) is 9.53 Å². The Morgan fingerprint density at radius 1 is 0.950 bits per heavy atom. The van der Waals surface area contributed by atoms with E-state index in [1.165, 1.54) is 0 Å². The number of hydrogen-bond acceptors (Lipinski definition) is 3. The van der Waals surface area contributed by atoms with E-state index in [0.29, 0.717) is 0 Å². The van der Waals surface area contributed by atoms with Crippen LogP contribution < -0.4 is 34.7 Å². The van der Waals surface area contributed by atoms with Crippen LogP contribution in [0.3, 0.4) is 0 Å². The minimum Gasteiger partial charge on any atom is -0.544 e. The molecule has 0 radical (unpaired) electrons. The maximum atomic E-state index is 12.3. The first-order chi connectivity index (χ1) is 8.07. The molecule has 0 aliphatic carbocycles. The zero-order chi connectivity index (χ0) is 15.9. The Bertz CT molecular complexity index is 353. The van der Waals surface area contributed by atoms with Gasteiger partial charge in [-0.2, -0.15) is 39.5 Å². The van der Waals surface area contributed by atoms with Gasteiger partial charge in [-0.1, -0.05) is 0 Å². The molecule has 0 aromatic carbocycles. The summed E-state index contributed by atoms with van der Waals surface area (Å²) in [6.07, 6.45) is -18.7. The molecular formula is C6HF10NaO3. The first-order valence-electron chi connectivity index (χ1n) is 3.81. The maximum absolute atomic E-state index is 12.3. The SMILES string of the molecule is O=C([O-])C(F)(F)C(F)OC(F)(F)C(F)(F)C(F)(F)F.[Na+]. The van der Waals surface area contributed by atoms with Crippen molar-refractivity contribution in [3.8, 4) is 0 Å². The van der Waals surface area contributed by atoms with Crippen molar-refractivity contribution in [3.63, 3.8) is 0 Å². The standard InChI is InChI=1S/C6H2F10O3.Na/c7-1(3(8,9)2(17)18)19-6(15,16)4(10,11)5(12,13)14;/h1H,(H,17,18);/q;+1/p-1. The Morgan fingerprint density at radius 3 is 1.55 bits per heavy atom. The van der Waals surface area contributed by atoms with Crippen LogP contribution in [0.5, 0.6) is 0 Å². The maximum Gasteiger partial charge on any atom is 1.00 e. The summed E-state index contributed by atoms with van der Waals surface area (Å²) in [7, 11) is 0. The number of aliphatic carboxylic acids is 1. The van der Waals surface area contributed by atoms with E-state index in [1.807, 2.05) is 4.74 Å². The van der Waals surface area contributed by atoms with E-state index in [9.17, 15) is 53.8 Å². The van der Waals surface area contributed by atoms with Gasteiger partial charge in [0.2, 0.25) is 0 Å². The largest absolute Gasteiger partial charge is 1.00 e. The molecule has 0 N–H and O–H groups in total. The number of hydrogen-bond donors (Lipinski definition) is 0. The Kier molecular flexibility index (Phi) is 6.86. The van der Waals surface area contributed by atoms with Gasteiger partial charge in [-0.3, -0.25) is 4.74 Å². The third kappa shape index (κ3) is 4.11. The zero-order valence-corrected chi connectivity index (χ0v) is 11.1. The summed E-state index contributed by atoms with van der Waals surface area (Å²) >= 11 is 0. The molecule has 1 unspecified atom stereocenters. The average molecular weight is 334 g/mol. The van der Waals surface area contributed by atoms with E-state index in [2.05, 4.69) is 0 Å². The number of carbonyl (C=O) groups excluding carboxylic acids is 1. The van der Waals surface area contributed by atoms with Gasteiger partial charge >= 0.3 is 53.7 Å². The fraction of sp³-hybridized carbons (Fsp3) is 0.833. The van der Waals surface area contributed by atoms with Gasteiger partial charge in [-0.25, -0.2) is 4.39 Å². The van der Waals surface area contributed by atoms with Crippen molar-refractivity contribution >= 4 is 5.97 Å². The minimum atomic E-state index is -7.02. The molecule has 0 aromatic heterocycles. The van der Waals surface area contributed by atoms with Crippen molar-refractivity contribution < 1.29 is 88.1 Å². The summed E-state index contributed by atoms with van der Waals surface area (Å²) in [5.41, 5.74) is 0. The second-order valence-corrected chi connectivity index (χ2v) is 2.93. The van der Waals surface area contributed by atoms with E-state index in [0.717, 1.165) is 0 Å². The second kappa shape index (κ2) is 6.23. The van der Waals surface area contributed by atoms with E-state index < -0.39 is 36.5 Å². The molecule has 0 aliphatic rings. The predicted molar refractivity (Wildman–Crippen MR) is 31.9 cm³/mol. The van der Waals surface area contributed by atoms with Crippen LogP contribution in [0.25, 0.3) is 0 Å². The van der Waals surface area contributed by atoms with Crippen LogP contribution in [0.15, 0.2) is 0 Å². The van der Waals surface area contributed by atoms with Crippen molar-refractivity contribution in [2.45, 2.75) is 30.5 Å². The van der Waals surface area contributed by atoms with Crippen molar-refractivity contribution in [2.24, 2.45) is 0 Å². The van der Waals surface area contributed by atoms with Gasteiger partial charge in [0.25, 0.3) is 6.36 Å². The molecule has 20 heavy (non-hydrogen) atoms. The molecule has 0 rings (SSSR count). The van der Waals surface area contributed by atoms with Gasteiger partial charge in [0.15, 0.2) is 0 Å². The third-order valence-electron chi connectivity index (χ3n) is 1.53. The molecule has 14 heteroatoms. The normalized spacial score (nSPS) is 15.5. The monoisotopic (exact) mass is 334 g/mol. The van der Waals surface area contributed by atoms with E-state index >= 15 is 0 Å². The number of carboxylic acids is 1. The number of rotatable bonds is 5. The Morgan fingerprint density at radius 2 is 1.30 bits per heavy atom.